The van der Waals surface area contributed by atoms with Crippen molar-refractivity contribution in [3.63, 3.8) is 0 Å². The number of halogens is 15. The molecular weight excluding hydrogens is 765 g/mol. The molecule has 2 rings (SSSR count). The Labute approximate surface area is 293 Å². The van der Waals surface area contributed by atoms with Gasteiger partial charge in [0.1, 0.15) is 12.4 Å². The van der Waals surface area contributed by atoms with Gasteiger partial charge in [0.25, 0.3) is 0 Å². The largest absolute Gasteiger partial charge is 0.494 e. The number of ether oxygens (including phenoxy) is 5. The van der Waals surface area contributed by atoms with Gasteiger partial charge in [-0.2, -0.15) is 65.9 Å². The molecular formula is C31H35F15N2O5. The Hall–Kier alpha value is -3.27. The fourth-order valence-corrected chi connectivity index (χ4v) is 4.10. The first-order valence-corrected chi connectivity index (χ1v) is 15.9. The van der Waals surface area contributed by atoms with Crippen molar-refractivity contribution in [2.24, 2.45) is 0 Å². The molecule has 1 aromatic heterocycles. The molecule has 0 aliphatic heterocycles. The molecule has 0 aliphatic rings. The van der Waals surface area contributed by atoms with Crippen molar-refractivity contribution in [3.8, 4) is 22.9 Å². The molecule has 0 saturated heterocycles. The Morgan fingerprint density at radius 3 is 1.51 bits per heavy atom. The van der Waals surface area contributed by atoms with Gasteiger partial charge in [-0.1, -0.05) is 45.4 Å². The summed E-state index contributed by atoms with van der Waals surface area (Å²) in [7, 11) is 0. The number of unbranched alkanes of at least 4 members (excludes halogenated alkanes) is 7. The number of alkyl halides is 15. The first-order chi connectivity index (χ1) is 24.4. The van der Waals surface area contributed by atoms with Gasteiger partial charge in [-0.15, -0.1) is 0 Å². The van der Waals surface area contributed by atoms with Crippen LogP contribution in [0.2, 0.25) is 0 Å². The van der Waals surface area contributed by atoms with Crippen LogP contribution in [0.15, 0.2) is 36.7 Å². The monoisotopic (exact) mass is 800 g/mol. The van der Waals surface area contributed by atoms with Crippen LogP contribution in [0, 0.1) is 0 Å². The van der Waals surface area contributed by atoms with Crippen molar-refractivity contribution >= 4 is 0 Å². The molecule has 0 amide bonds. The minimum absolute atomic E-state index is 0.0247. The number of hydrogen-bond donors (Lipinski definition) is 0. The number of rotatable bonds is 25. The van der Waals surface area contributed by atoms with E-state index in [1.165, 1.54) is 0 Å². The summed E-state index contributed by atoms with van der Waals surface area (Å²) in [4.78, 5) is 8.60. The van der Waals surface area contributed by atoms with Crippen LogP contribution in [-0.2, 0) is 14.2 Å². The zero-order valence-electron chi connectivity index (χ0n) is 27.8. The molecule has 22 heteroatoms. The Bertz CT molecular complexity index is 1360. The minimum Gasteiger partial charge on any atom is -0.494 e. The molecule has 0 spiro atoms. The van der Waals surface area contributed by atoms with Gasteiger partial charge in [0, 0.05) is 12.2 Å². The average Bonchev–Trinajstić information content (AvgIpc) is 3.04. The lowest BCUT2D eigenvalue weighted by Crippen LogP contribution is -2.64. The minimum atomic E-state index is -7.91. The van der Waals surface area contributed by atoms with Crippen LogP contribution >= 0.6 is 0 Å². The third-order valence-corrected chi connectivity index (χ3v) is 6.97. The lowest BCUT2D eigenvalue weighted by atomic mass is 10.1. The van der Waals surface area contributed by atoms with E-state index in [0.29, 0.717) is 56.2 Å². The SMILES string of the molecule is CCCCCCOc1cnc(-c2ccc(OCCCCCCCOCC(F)(F)OC(F)(F)C(F)(F)OC(F)(F)C(F)(F)C(F)(F)C(F)(F)F)cc2)nc1. The van der Waals surface area contributed by atoms with Crippen LogP contribution < -0.4 is 9.47 Å². The Morgan fingerprint density at radius 2 is 0.981 bits per heavy atom. The highest BCUT2D eigenvalue weighted by Crippen LogP contribution is 2.56. The molecule has 304 valence electrons. The Balaban J connectivity index is 1.67. The molecule has 0 saturated carbocycles. The van der Waals surface area contributed by atoms with Gasteiger partial charge in [-0.05, 0) is 43.5 Å². The smallest absolute Gasteiger partial charge is 0.460 e. The first-order valence-electron chi connectivity index (χ1n) is 15.9. The standard InChI is InChI=1S/C31H35F15N2O5/c1-2-3-4-9-17-51-23-18-47-24(48-19-23)21-11-13-22(14-12-21)50-16-10-7-5-6-8-15-49-20-25(32,33)52-30(43,44)31(45,46)53-29(41,42)27(36,37)26(34,35)28(38,39)40/h11-14,18-19H,2-10,15-17,20H2,1H3. The fourth-order valence-electron chi connectivity index (χ4n) is 4.10. The lowest BCUT2D eigenvalue weighted by molar-refractivity contribution is -0.543. The molecule has 0 fully saturated rings. The van der Waals surface area contributed by atoms with E-state index >= 15 is 0 Å². The predicted molar refractivity (Wildman–Crippen MR) is 154 cm³/mol. The van der Waals surface area contributed by atoms with Gasteiger partial charge in [0.2, 0.25) is 0 Å². The Morgan fingerprint density at radius 1 is 0.509 bits per heavy atom. The quantitative estimate of drug-likeness (QED) is 0.0731. The zero-order valence-corrected chi connectivity index (χ0v) is 27.8. The van der Waals surface area contributed by atoms with Crippen LogP contribution in [0.5, 0.6) is 11.5 Å². The van der Waals surface area contributed by atoms with Crippen molar-refractivity contribution in [3.05, 3.63) is 36.7 Å². The predicted octanol–water partition coefficient (Wildman–Crippen LogP) is 10.7. The van der Waals surface area contributed by atoms with E-state index in [1.54, 1.807) is 41.4 Å². The third kappa shape index (κ3) is 13.2. The molecule has 0 unspecified atom stereocenters. The van der Waals surface area contributed by atoms with E-state index in [4.69, 9.17) is 9.47 Å². The van der Waals surface area contributed by atoms with Crippen LogP contribution in [0.3, 0.4) is 0 Å². The van der Waals surface area contributed by atoms with Crippen molar-refractivity contribution in [1.82, 2.24) is 9.97 Å². The van der Waals surface area contributed by atoms with E-state index in [0.717, 1.165) is 31.2 Å². The first kappa shape index (κ1) is 45.9. The maximum absolute atomic E-state index is 13.7. The summed E-state index contributed by atoms with van der Waals surface area (Å²) in [5.74, 6) is -14.1. The van der Waals surface area contributed by atoms with E-state index < -0.39 is 55.7 Å². The van der Waals surface area contributed by atoms with Gasteiger partial charge in [0.05, 0.1) is 25.6 Å². The molecule has 7 nitrogen and oxygen atoms in total. The van der Waals surface area contributed by atoms with Crippen LogP contribution in [0.4, 0.5) is 65.9 Å². The summed E-state index contributed by atoms with van der Waals surface area (Å²) in [5, 5.41) is 0. The zero-order chi connectivity index (χ0) is 40.2. The maximum Gasteiger partial charge on any atom is 0.460 e. The van der Waals surface area contributed by atoms with Crippen molar-refractivity contribution in [1.29, 1.82) is 0 Å². The van der Waals surface area contributed by atoms with Gasteiger partial charge in [-0.3, -0.25) is 0 Å². The number of benzene rings is 1. The van der Waals surface area contributed by atoms with Crippen molar-refractivity contribution in [2.45, 2.75) is 107 Å². The van der Waals surface area contributed by atoms with E-state index in [9.17, 15) is 65.9 Å². The summed E-state index contributed by atoms with van der Waals surface area (Å²) in [6.07, 6.45) is -25.4. The second-order valence-electron chi connectivity index (χ2n) is 11.4. The fraction of sp³-hybridized carbons (Fsp3) is 0.677. The summed E-state index contributed by atoms with van der Waals surface area (Å²) in [6.45, 7) is 0.199. The molecule has 0 N–H and O–H groups in total. The van der Waals surface area contributed by atoms with Crippen LogP contribution in [0.25, 0.3) is 11.4 Å². The highest BCUT2D eigenvalue weighted by molar-refractivity contribution is 5.56. The second-order valence-corrected chi connectivity index (χ2v) is 11.4. The van der Waals surface area contributed by atoms with Crippen LogP contribution in [-0.4, -0.2) is 78.9 Å². The van der Waals surface area contributed by atoms with E-state index in [-0.39, 0.29) is 6.42 Å². The van der Waals surface area contributed by atoms with Gasteiger partial charge >= 0.3 is 42.5 Å². The average molecular weight is 801 g/mol. The third-order valence-electron chi connectivity index (χ3n) is 6.97. The molecule has 2 aromatic rings. The summed E-state index contributed by atoms with van der Waals surface area (Å²) >= 11 is 0. The molecule has 0 aliphatic carbocycles. The van der Waals surface area contributed by atoms with Crippen molar-refractivity contribution < 1.29 is 89.5 Å². The number of hydrogen-bond acceptors (Lipinski definition) is 7. The summed E-state index contributed by atoms with van der Waals surface area (Å²) < 4.78 is 215. The molecule has 0 radical (unpaired) electrons. The molecule has 53 heavy (non-hydrogen) atoms. The highest BCUT2D eigenvalue weighted by Gasteiger charge is 2.85. The molecule has 0 bridgehead atoms. The van der Waals surface area contributed by atoms with E-state index in [2.05, 4.69) is 26.4 Å². The normalized spacial score (nSPS) is 13.7. The number of nitrogens with zero attached hydrogens (tertiary/aromatic N) is 2. The Kier molecular flexibility index (Phi) is 16.3. The summed E-state index contributed by atoms with van der Waals surface area (Å²) in [5.41, 5.74) is 0.740. The lowest BCUT2D eigenvalue weighted by Gasteiger charge is -2.36. The summed E-state index contributed by atoms with van der Waals surface area (Å²) in [6, 6.07) is 6.95. The van der Waals surface area contributed by atoms with Gasteiger partial charge in [0.15, 0.2) is 11.6 Å². The molecule has 0 atom stereocenters. The number of aromatic nitrogens is 2. The second kappa shape index (κ2) is 18.9. The maximum atomic E-state index is 13.7. The van der Waals surface area contributed by atoms with Crippen molar-refractivity contribution in [2.75, 3.05) is 26.4 Å². The molecule has 1 heterocycles. The van der Waals surface area contributed by atoms with Gasteiger partial charge < -0.3 is 14.2 Å². The molecule has 1 aromatic carbocycles. The topological polar surface area (TPSA) is 71.9 Å². The van der Waals surface area contributed by atoms with Gasteiger partial charge in [-0.25, -0.2) is 19.4 Å². The highest BCUT2D eigenvalue weighted by atomic mass is 19.4. The van der Waals surface area contributed by atoms with E-state index in [1.807, 2.05) is 0 Å². The van der Waals surface area contributed by atoms with Crippen LogP contribution in [0.1, 0.15) is 64.7 Å².